The molecule has 112 valence electrons. The molecule has 0 radical (unpaired) electrons. The van der Waals surface area contributed by atoms with Crippen LogP contribution in [0.1, 0.15) is 16.1 Å². The van der Waals surface area contributed by atoms with Gasteiger partial charge in [-0.2, -0.15) is 0 Å². The third-order valence-corrected chi connectivity index (χ3v) is 3.51. The van der Waals surface area contributed by atoms with E-state index >= 15 is 0 Å². The molecule has 2 N–H and O–H groups in total. The number of fused-ring (bicyclic) bond motifs is 1. The average molecular weight is 298 g/mol. The van der Waals surface area contributed by atoms with Gasteiger partial charge in [-0.3, -0.25) is 4.79 Å². The zero-order valence-electron chi connectivity index (χ0n) is 12.2. The molecule has 22 heavy (non-hydrogen) atoms. The quantitative estimate of drug-likeness (QED) is 0.771. The maximum atomic E-state index is 13.2. The largest absolute Gasteiger partial charge is 0.495 e. The molecule has 0 saturated heterocycles. The summed E-state index contributed by atoms with van der Waals surface area (Å²) in [6.45, 7) is 1.82. The molecule has 1 aromatic heterocycles. The molecule has 0 spiro atoms. The molecule has 1 amide bonds. The van der Waals surface area contributed by atoms with E-state index in [1.165, 1.54) is 12.1 Å². The number of hydrogen-bond donors (Lipinski definition) is 2. The van der Waals surface area contributed by atoms with E-state index in [1.807, 2.05) is 25.1 Å². The Morgan fingerprint density at radius 1 is 1.23 bits per heavy atom. The first-order valence-electron chi connectivity index (χ1n) is 6.82. The number of hydrogen-bond acceptors (Lipinski definition) is 2. The molecule has 0 fully saturated rings. The maximum Gasteiger partial charge on any atom is 0.258 e. The minimum absolute atomic E-state index is 0.289. The highest BCUT2D eigenvalue weighted by Crippen LogP contribution is 2.30. The Kier molecular flexibility index (Phi) is 3.55. The standard InChI is InChI=1S/C17H15FN2O2/c1-10-15(13-7-4-8-14(22-2)16(13)19-10)17(21)20-12-6-3-5-11(18)9-12/h3-9,19H,1-2H3,(H,20,21). The van der Waals surface area contributed by atoms with Crippen molar-refractivity contribution in [3.63, 3.8) is 0 Å². The minimum atomic E-state index is -0.393. The number of benzene rings is 2. The lowest BCUT2D eigenvalue weighted by molar-refractivity contribution is 0.102. The van der Waals surface area contributed by atoms with Crippen molar-refractivity contribution >= 4 is 22.5 Å². The number of rotatable bonds is 3. The van der Waals surface area contributed by atoms with Gasteiger partial charge in [0.1, 0.15) is 11.6 Å². The number of halogens is 1. The Balaban J connectivity index is 2.02. The van der Waals surface area contributed by atoms with Gasteiger partial charge in [-0.05, 0) is 31.2 Å². The monoisotopic (exact) mass is 298 g/mol. The lowest BCUT2D eigenvalue weighted by Gasteiger charge is -2.06. The molecule has 4 nitrogen and oxygen atoms in total. The molecular weight excluding hydrogens is 283 g/mol. The number of aromatic nitrogens is 1. The fourth-order valence-electron chi connectivity index (χ4n) is 2.54. The van der Waals surface area contributed by atoms with E-state index in [2.05, 4.69) is 10.3 Å². The normalized spacial score (nSPS) is 10.7. The van der Waals surface area contributed by atoms with E-state index in [4.69, 9.17) is 4.74 Å². The molecule has 0 aliphatic heterocycles. The van der Waals surface area contributed by atoms with Crippen LogP contribution < -0.4 is 10.1 Å². The number of aromatic amines is 1. The number of carbonyl (C=O) groups excluding carboxylic acids is 1. The summed E-state index contributed by atoms with van der Waals surface area (Å²) >= 11 is 0. The molecule has 2 aromatic carbocycles. The van der Waals surface area contributed by atoms with Gasteiger partial charge in [0.15, 0.2) is 0 Å². The van der Waals surface area contributed by atoms with Gasteiger partial charge in [-0.15, -0.1) is 0 Å². The van der Waals surface area contributed by atoms with Crippen LogP contribution in [0.4, 0.5) is 10.1 Å². The Bertz CT molecular complexity index is 855. The molecule has 0 saturated carbocycles. The van der Waals surface area contributed by atoms with Crippen LogP contribution in [0.5, 0.6) is 5.75 Å². The lowest BCUT2D eigenvalue weighted by atomic mass is 10.1. The zero-order valence-corrected chi connectivity index (χ0v) is 12.2. The van der Waals surface area contributed by atoms with E-state index in [0.29, 0.717) is 17.0 Å². The molecule has 1 heterocycles. The molecule has 0 aliphatic rings. The maximum absolute atomic E-state index is 13.2. The zero-order chi connectivity index (χ0) is 15.7. The predicted octanol–water partition coefficient (Wildman–Crippen LogP) is 3.88. The third-order valence-electron chi connectivity index (χ3n) is 3.51. The van der Waals surface area contributed by atoms with Gasteiger partial charge in [0.05, 0.1) is 18.2 Å². The van der Waals surface area contributed by atoms with Gasteiger partial charge in [0.2, 0.25) is 0 Å². The van der Waals surface area contributed by atoms with Crippen molar-refractivity contribution in [2.24, 2.45) is 0 Å². The van der Waals surface area contributed by atoms with Crippen LogP contribution in [0.3, 0.4) is 0 Å². The Labute approximate surface area is 126 Å². The Hall–Kier alpha value is -2.82. The second kappa shape index (κ2) is 5.52. The SMILES string of the molecule is COc1cccc2c(C(=O)Nc3cccc(F)c3)c(C)[nH]c12. The summed E-state index contributed by atoms with van der Waals surface area (Å²) in [5.74, 6) is -0.0110. The van der Waals surface area contributed by atoms with Crippen LogP contribution in [0.15, 0.2) is 42.5 Å². The van der Waals surface area contributed by atoms with E-state index in [-0.39, 0.29) is 5.91 Å². The molecule has 3 rings (SSSR count). The number of H-pyrrole nitrogens is 1. The van der Waals surface area contributed by atoms with Crippen molar-refractivity contribution in [1.82, 2.24) is 4.98 Å². The van der Waals surface area contributed by atoms with Crippen LogP contribution in [-0.2, 0) is 0 Å². The van der Waals surface area contributed by atoms with Crippen molar-refractivity contribution in [3.8, 4) is 5.75 Å². The smallest absolute Gasteiger partial charge is 0.258 e. The van der Waals surface area contributed by atoms with Gasteiger partial charge in [-0.25, -0.2) is 4.39 Å². The molecular formula is C17H15FN2O2. The number of para-hydroxylation sites is 1. The van der Waals surface area contributed by atoms with E-state index in [9.17, 15) is 9.18 Å². The summed E-state index contributed by atoms with van der Waals surface area (Å²) in [5.41, 5.74) is 2.44. The van der Waals surface area contributed by atoms with E-state index < -0.39 is 5.82 Å². The Morgan fingerprint density at radius 3 is 2.73 bits per heavy atom. The topological polar surface area (TPSA) is 54.1 Å². The first-order chi connectivity index (χ1) is 10.6. The third kappa shape index (κ3) is 2.41. The van der Waals surface area contributed by atoms with Crippen LogP contribution in [0.25, 0.3) is 10.9 Å². The second-order valence-corrected chi connectivity index (χ2v) is 4.97. The van der Waals surface area contributed by atoms with Crippen LogP contribution in [-0.4, -0.2) is 18.0 Å². The van der Waals surface area contributed by atoms with Gasteiger partial charge < -0.3 is 15.0 Å². The summed E-state index contributed by atoms with van der Waals surface area (Å²) in [4.78, 5) is 15.7. The number of methoxy groups -OCH3 is 1. The number of nitrogens with one attached hydrogen (secondary N) is 2. The second-order valence-electron chi connectivity index (χ2n) is 4.97. The average Bonchev–Trinajstić information content (AvgIpc) is 2.83. The van der Waals surface area contributed by atoms with Crippen LogP contribution >= 0.6 is 0 Å². The van der Waals surface area contributed by atoms with Gasteiger partial charge >= 0.3 is 0 Å². The predicted molar refractivity (Wildman–Crippen MR) is 83.9 cm³/mol. The van der Waals surface area contributed by atoms with Crippen molar-refractivity contribution < 1.29 is 13.9 Å². The fourth-order valence-corrected chi connectivity index (χ4v) is 2.54. The number of carbonyl (C=O) groups is 1. The minimum Gasteiger partial charge on any atom is -0.495 e. The first kappa shape index (κ1) is 14.1. The Morgan fingerprint density at radius 2 is 2.00 bits per heavy atom. The summed E-state index contributed by atoms with van der Waals surface area (Å²) < 4.78 is 18.5. The number of amides is 1. The highest BCUT2D eigenvalue weighted by atomic mass is 19.1. The summed E-state index contributed by atoms with van der Waals surface area (Å²) in [7, 11) is 1.58. The highest BCUT2D eigenvalue weighted by Gasteiger charge is 2.18. The number of ether oxygens (including phenoxy) is 1. The molecule has 3 aromatic rings. The highest BCUT2D eigenvalue weighted by molar-refractivity contribution is 6.14. The van der Waals surface area contributed by atoms with Crippen molar-refractivity contribution in [3.05, 3.63) is 59.5 Å². The molecule has 0 bridgehead atoms. The molecule has 0 aliphatic carbocycles. The summed E-state index contributed by atoms with van der Waals surface area (Å²) in [6, 6.07) is 11.3. The van der Waals surface area contributed by atoms with E-state index in [1.54, 1.807) is 19.2 Å². The van der Waals surface area contributed by atoms with Gasteiger partial charge in [0.25, 0.3) is 5.91 Å². The van der Waals surface area contributed by atoms with Gasteiger partial charge in [-0.1, -0.05) is 18.2 Å². The molecule has 0 atom stereocenters. The van der Waals surface area contributed by atoms with Crippen LogP contribution in [0, 0.1) is 12.7 Å². The lowest BCUT2D eigenvalue weighted by Crippen LogP contribution is -2.12. The van der Waals surface area contributed by atoms with Crippen LogP contribution in [0.2, 0.25) is 0 Å². The fraction of sp³-hybridized carbons (Fsp3) is 0.118. The summed E-state index contributed by atoms with van der Waals surface area (Å²) in [5, 5.41) is 3.49. The first-order valence-corrected chi connectivity index (χ1v) is 6.82. The van der Waals surface area contributed by atoms with Crippen molar-refractivity contribution in [2.45, 2.75) is 6.92 Å². The van der Waals surface area contributed by atoms with Crippen molar-refractivity contribution in [1.29, 1.82) is 0 Å². The van der Waals surface area contributed by atoms with Gasteiger partial charge in [0, 0.05) is 16.8 Å². The summed E-state index contributed by atoms with van der Waals surface area (Å²) in [6.07, 6.45) is 0. The molecule has 5 heteroatoms. The number of anilines is 1. The number of aryl methyl sites for hydroxylation is 1. The van der Waals surface area contributed by atoms with E-state index in [0.717, 1.165) is 16.6 Å². The molecule has 0 unspecified atom stereocenters. The van der Waals surface area contributed by atoms with Crippen molar-refractivity contribution in [2.75, 3.05) is 12.4 Å².